The highest BCUT2D eigenvalue weighted by Gasteiger charge is 2.27. The molecule has 5 rings (SSSR count). The summed E-state index contributed by atoms with van der Waals surface area (Å²) in [6.45, 7) is -0.400. The van der Waals surface area contributed by atoms with Gasteiger partial charge in [0, 0.05) is 27.5 Å². The molecule has 0 fully saturated rings. The number of thiophene rings is 1. The summed E-state index contributed by atoms with van der Waals surface area (Å²) in [5.74, 6) is -1.02. The van der Waals surface area contributed by atoms with Gasteiger partial charge in [0.15, 0.2) is 12.4 Å². The molecule has 0 bridgehead atoms. The highest BCUT2D eigenvalue weighted by atomic mass is 32.1. The number of hydrogen-bond acceptors (Lipinski definition) is 5. The predicted octanol–water partition coefficient (Wildman–Crippen LogP) is 5.06. The van der Waals surface area contributed by atoms with Crippen molar-refractivity contribution in [3.05, 3.63) is 87.9 Å². The Morgan fingerprint density at radius 3 is 2.59 bits per heavy atom. The molecule has 0 saturated carbocycles. The molecule has 34 heavy (non-hydrogen) atoms. The molecule has 6 nitrogen and oxygen atoms in total. The number of hydrogen-bond donors (Lipinski definition) is 2. The van der Waals surface area contributed by atoms with Gasteiger partial charge in [-0.2, -0.15) is 0 Å². The van der Waals surface area contributed by atoms with Crippen LogP contribution < -0.4 is 5.32 Å². The molecule has 172 valence electrons. The van der Waals surface area contributed by atoms with E-state index in [1.165, 1.54) is 11.3 Å². The minimum absolute atomic E-state index is 0.0718. The number of fused-ring (bicyclic) bond motifs is 2. The molecule has 0 saturated heterocycles. The number of carbonyl (C=O) groups is 3. The zero-order chi connectivity index (χ0) is 23.5. The number of carbonyl (C=O) groups excluding carboxylic acids is 3. The van der Waals surface area contributed by atoms with Crippen LogP contribution in [0.5, 0.6) is 0 Å². The third-order valence-corrected chi connectivity index (χ3v) is 7.27. The van der Waals surface area contributed by atoms with E-state index in [2.05, 4.69) is 10.3 Å². The minimum atomic E-state index is -0.481. The number of benzene rings is 2. The third kappa shape index (κ3) is 4.52. The Bertz CT molecular complexity index is 1370. The Morgan fingerprint density at radius 1 is 0.971 bits per heavy atom. The van der Waals surface area contributed by atoms with Crippen LogP contribution in [-0.4, -0.2) is 29.3 Å². The quantitative estimate of drug-likeness (QED) is 0.291. The number of nitrogens with one attached hydrogen (secondary N) is 2. The largest absolute Gasteiger partial charge is 0.455 e. The van der Waals surface area contributed by atoms with Gasteiger partial charge in [0.05, 0.1) is 12.0 Å². The van der Waals surface area contributed by atoms with Crippen molar-refractivity contribution in [2.24, 2.45) is 0 Å². The monoisotopic (exact) mass is 472 g/mol. The summed E-state index contributed by atoms with van der Waals surface area (Å²) in [5, 5.41) is 4.33. The number of ketones is 1. The maximum Gasteiger partial charge on any atom is 0.310 e. The van der Waals surface area contributed by atoms with E-state index in [0.29, 0.717) is 16.1 Å². The van der Waals surface area contributed by atoms with Crippen molar-refractivity contribution in [3.63, 3.8) is 0 Å². The van der Waals surface area contributed by atoms with Gasteiger partial charge in [0.2, 0.25) is 0 Å². The molecule has 0 aliphatic heterocycles. The maximum absolute atomic E-state index is 13.3. The number of aryl methyl sites for hydroxylation is 1. The second kappa shape index (κ2) is 9.65. The molecule has 1 aliphatic carbocycles. The number of esters is 1. The number of para-hydroxylation sites is 1. The average Bonchev–Trinajstić information content (AvgIpc) is 3.44. The summed E-state index contributed by atoms with van der Waals surface area (Å²) in [6.07, 6.45) is 5.69. The second-order valence-electron chi connectivity index (χ2n) is 8.36. The zero-order valence-corrected chi connectivity index (χ0v) is 19.4. The van der Waals surface area contributed by atoms with E-state index < -0.39 is 18.5 Å². The first-order chi connectivity index (χ1) is 16.6. The fraction of sp³-hybridized carbons (Fsp3) is 0.222. The van der Waals surface area contributed by atoms with E-state index in [1.807, 2.05) is 42.5 Å². The molecule has 2 aromatic heterocycles. The number of anilines is 1. The lowest BCUT2D eigenvalue weighted by Gasteiger charge is -2.12. The number of aromatic amines is 1. The molecule has 0 radical (unpaired) electrons. The van der Waals surface area contributed by atoms with Crippen molar-refractivity contribution in [3.8, 4) is 0 Å². The van der Waals surface area contributed by atoms with Gasteiger partial charge in [-0.15, -0.1) is 11.3 Å². The van der Waals surface area contributed by atoms with Crippen LogP contribution in [0.15, 0.2) is 60.8 Å². The summed E-state index contributed by atoms with van der Waals surface area (Å²) in [4.78, 5) is 42.6. The number of aromatic nitrogens is 1. The molecule has 7 heteroatoms. The molecule has 0 atom stereocenters. The first-order valence-corrected chi connectivity index (χ1v) is 12.2. The smallest absolute Gasteiger partial charge is 0.310 e. The number of amides is 1. The van der Waals surface area contributed by atoms with Gasteiger partial charge in [-0.05, 0) is 42.9 Å². The van der Waals surface area contributed by atoms with Crippen LogP contribution in [0.3, 0.4) is 0 Å². The van der Waals surface area contributed by atoms with Gasteiger partial charge >= 0.3 is 5.97 Å². The third-order valence-electron chi connectivity index (χ3n) is 6.06. The van der Waals surface area contributed by atoms with Crippen molar-refractivity contribution in [1.29, 1.82) is 0 Å². The molecule has 1 amide bonds. The van der Waals surface area contributed by atoms with Crippen LogP contribution in [0.4, 0.5) is 5.00 Å². The van der Waals surface area contributed by atoms with Crippen molar-refractivity contribution in [2.75, 3.05) is 11.9 Å². The van der Waals surface area contributed by atoms with Crippen LogP contribution >= 0.6 is 11.3 Å². The molecular formula is C27H24N2O4S. The Morgan fingerprint density at radius 2 is 1.74 bits per heavy atom. The van der Waals surface area contributed by atoms with Crippen LogP contribution in [0.2, 0.25) is 0 Å². The Balaban J connectivity index is 1.27. The van der Waals surface area contributed by atoms with Crippen molar-refractivity contribution in [1.82, 2.24) is 4.98 Å². The van der Waals surface area contributed by atoms with E-state index in [4.69, 9.17) is 4.74 Å². The van der Waals surface area contributed by atoms with E-state index in [9.17, 15) is 14.4 Å². The number of H-pyrrole nitrogens is 1. The average molecular weight is 473 g/mol. The summed E-state index contributed by atoms with van der Waals surface area (Å²) in [7, 11) is 0. The highest BCUT2D eigenvalue weighted by Crippen LogP contribution is 2.39. The van der Waals surface area contributed by atoms with Gasteiger partial charge in [-0.3, -0.25) is 14.4 Å². The highest BCUT2D eigenvalue weighted by molar-refractivity contribution is 7.17. The van der Waals surface area contributed by atoms with Gasteiger partial charge in [-0.1, -0.05) is 48.5 Å². The van der Waals surface area contributed by atoms with Crippen LogP contribution in [-0.2, 0) is 33.6 Å². The molecule has 0 spiro atoms. The summed E-state index contributed by atoms with van der Waals surface area (Å²) < 4.78 is 5.24. The van der Waals surface area contributed by atoms with Crippen molar-refractivity contribution >= 4 is 44.9 Å². The molecule has 2 aromatic carbocycles. The van der Waals surface area contributed by atoms with Crippen LogP contribution in [0.1, 0.15) is 44.8 Å². The molecular weight excluding hydrogens is 448 g/mol. The topological polar surface area (TPSA) is 88.3 Å². The fourth-order valence-electron chi connectivity index (χ4n) is 4.42. The van der Waals surface area contributed by atoms with Crippen LogP contribution in [0.25, 0.3) is 10.9 Å². The zero-order valence-electron chi connectivity index (χ0n) is 18.6. The van der Waals surface area contributed by atoms with Crippen molar-refractivity contribution < 1.29 is 19.1 Å². The minimum Gasteiger partial charge on any atom is -0.455 e. The van der Waals surface area contributed by atoms with Gasteiger partial charge in [0.25, 0.3) is 5.91 Å². The molecule has 2 N–H and O–H groups in total. The first-order valence-electron chi connectivity index (χ1n) is 11.3. The summed E-state index contributed by atoms with van der Waals surface area (Å²) in [5.41, 5.74) is 3.97. The molecule has 4 aromatic rings. The maximum atomic E-state index is 13.3. The Kier molecular flexibility index (Phi) is 6.27. The Hall–Kier alpha value is -3.71. The van der Waals surface area contributed by atoms with Gasteiger partial charge < -0.3 is 15.0 Å². The van der Waals surface area contributed by atoms with Gasteiger partial charge in [0.1, 0.15) is 5.00 Å². The standard InChI is InChI=1S/C27H24N2O4S/c30-23(16-33-24(31)14-18-15-28-21-12-6-4-10-19(18)21)29-27-25(20-11-5-7-13-22(20)34-27)26(32)17-8-2-1-3-9-17/h1-4,6,8-10,12,15,28H,5,7,11,13-14,16H2,(H,29,30). The summed E-state index contributed by atoms with van der Waals surface area (Å²) in [6, 6.07) is 16.8. The Labute approximate surface area is 201 Å². The second-order valence-corrected chi connectivity index (χ2v) is 9.46. The molecule has 2 heterocycles. The van der Waals surface area contributed by atoms with E-state index in [1.54, 1.807) is 18.3 Å². The van der Waals surface area contributed by atoms with E-state index in [-0.39, 0.29) is 12.2 Å². The lowest BCUT2D eigenvalue weighted by molar-refractivity contribution is -0.146. The number of ether oxygens (including phenoxy) is 1. The number of rotatable bonds is 7. The molecule has 1 aliphatic rings. The molecule has 0 unspecified atom stereocenters. The fourth-order valence-corrected chi connectivity index (χ4v) is 5.72. The first kappa shape index (κ1) is 22.1. The predicted molar refractivity (Wildman–Crippen MR) is 132 cm³/mol. The van der Waals surface area contributed by atoms with Crippen molar-refractivity contribution in [2.45, 2.75) is 32.1 Å². The van der Waals surface area contributed by atoms with Crippen LogP contribution in [0, 0.1) is 0 Å². The normalized spacial score (nSPS) is 12.8. The SMILES string of the molecule is O=C(COC(=O)Cc1c[nH]c2ccccc12)Nc1sc2c(c1C(=O)c1ccccc1)CCCC2. The van der Waals surface area contributed by atoms with E-state index in [0.717, 1.165) is 52.6 Å². The lowest BCUT2D eigenvalue weighted by Crippen LogP contribution is -2.22. The van der Waals surface area contributed by atoms with Gasteiger partial charge in [-0.25, -0.2) is 0 Å². The van der Waals surface area contributed by atoms with E-state index >= 15 is 0 Å². The summed E-state index contributed by atoms with van der Waals surface area (Å²) >= 11 is 1.46. The lowest BCUT2D eigenvalue weighted by atomic mass is 9.92.